The van der Waals surface area contributed by atoms with E-state index >= 15 is 0 Å². The standard InChI is InChI=1S/C26H28N2O2/c29-23-16-17-28(18-23)19-24(20-10-4-1-5-11-20)27-26(30)25(21-12-6-2-7-13-21)22-14-8-3-9-15-22/h1-15,23-25,29H,16-19H2,(H,27,30)/t23-,24+/m0/s1. The Morgan fingerprint density at radius 1 is 0.867 bits per heavy atom. The van der Waals surface area contributed by atoms with E-state index in [1.165, 1.54) is 0 Å². The van der Waals surface area contributed by atoms with E-state index in [0.717, 1.165) is 29.7 Å². The molecule has 0 aliphatic carbocycles. The third-order valence-electron chi connectivity index (χ3n) is 5.73. The molecule has 30 heavy (non-hydrogen) atoms. The van der Waals surface area contributed by atoms with Gasteiger partial charge in [0.1, 0.15) is 0 Å². The van der Waals surface area contributed by atoms with E-state index in [-0.39, 0.29) is 24.0 Å². The Kier molecular flexibility index (Phi) is 6.57. The molecule has 0 saturated carbocycles. The Morgan fingerprint density at radius 3 is 1.83 bits per heavy atom. The van der Waals surface area contributed by atoms with Crippen LogP contribution >= 0.6 is 0 Å². The topological polar surface area (TPSA) is 52.6 Å². The molecule has 0 radical (unpaired) electrons. The highest BCUT2D eigenvalue weighted by Gasteiger charge is 2.28. The van der Waals surface area contributed by atoms with Gasteiger partial charge >= 0.3 is 0 Å². The molecule has 3 aromatic carbocycles. The largest absolute Gasteiger partial charge is 0.392 e. The smallest absolute Gasteiger partial charge is 0.232 e. The molecule has 0 unspecified atom stereocenters. The summed E-state index contributed by atoms with van der Waals surface area (Å²) in [6.45, 7) is 2.18. The molecule has 0 bridgehead atoms. The molecule has 154 valence electrons. The molecule has 4 heteroatoms. The number of aliphatic hydroxyl groups excluding tert-OH is 1. The minimum absolute atomic E-state index is 0.0130. The van der Waals surface area contributed by atoms with Crippen molar-refractivity contribution in [1.29, 1.82) is 0 Å². The van der Waals surface area contributed by atoms with Gasteiger partial charge < -0.3 is 10.4 Å². The molecule has 2 N–H and O–H groups in total. The number of benzene rings is 3. The van der Waals surface area contributed by atoms with Crippen molar-refractivity contribution in [2.45, 2.75) is 24.5 Å². The summed E-state index contributed by atoms with van der Waals surface area (Å²) in [6.07, 6.45) is 0.505. The van der Waals surface area contributed by atoms with Crippen molar-refractivity contribution in [3.05, 3.63) is 108 Å². The highest BCUT2D eigenvalue weighted by molar-refractivity contribution is 5.87. The number of aliphatic hydroxyl groups is 1. The quantitative estimate of drug-likeness (QED) is 0.635. The van der Waals surface area contributed by atoms with E-state index in [9.17, 15) is 9.90 Å². The summed E-state index contributed by atoms with van der Waals surface area (Å²) in [5.41, 5.74) is 3.03. The molecule has 3 aromatic rings. The first kappa shape index (κ1) is 20.3. The van der Waals surface area contributed by atoms with E-state index < -0.39 is 0 Å². The molecule has 0 spiro atoms. The lowest BCUT2D eigenvalue weighted by atomic mass is 9.90. The fourth-order valence-corrected chi connectivity index (χ4v) is 4.20. The molecular weight excluding hydrogens is 372 g/mol. The minimum Gasteiger partial charge on any atom is -0.392 e. The minimum atomic E-state index is -0.372. The number of β-amino-alcohol motifs (C(OH)–C–C–N with tert-alkyl or cyclic N) is 1. The van der Waals surface area contributed by atoms with Gasteiger partial charge in [0.15, 0.2) is 0 Å². The molecule has 1 heterocycles. The van der Waals surface area contributed by atoms with Crippen LogP contribution in [-0.4, -0.2) is 41.7 Å². The van der Waals surface area contributed by atoms with E-state index in [1.807, 2.05) is 78.9 Å². The number of rotatable bonds is 7. The maximum Gasteiger partial charge on any atom is 0.232 e. The van der Waals surface area contributed by atoms with Gasteiger partial charge in [-0.15, -0.1) is 0 Å². The number of nitrogens with zero attached hydrogens (tertiary/aromatic N) is 1. The molecule has 1 aliphatic rings. The fraction of sp³-hybridized carbons (Fsp3) is 0.269. The lowest BCUT2D eigenvalue weighted by molar-refractivity contribution is -0.122. The lowest BCUT2D eigenvalue weighted by Crippen LogP contribution is -2.39. The van der Waals surface area contributed by atoms with Crippen molar-refractivity contribution in [3.63, 3.8) is 0 Å². The SMILES string of the molecule is O=C(N[C@H](CN1CC[C@H](O)C1)c1ccccc1)C(c1ccccc1)c1ccccc1. The maximum absolute atomic E-state index is 13.6. The van der Waals surface area contributed by atoms with Crippen molar-refractivity contribution in [2.24, 2.45) is 0 Å². The summed E-state index contributed by atoms with van der Waals surface area (Å²) in [5.74, 6) is -0.385. The molecule has 4 nitrogen and oxygen atoms in total. The fourth-order valence-electron chi connectivity index (χ4n) is 4.20. The summed E-state index contributed by atoms with van der Waals surface area (Å²) < 4.78 is 0. The van der Waals surface area contributed by atoms with Gasteiger partial charge in [0.05, 0.1) is 18.1 Å². The first-order chi connectivity index (χ1) is 14.7. The second kappa shape index (κ2) is 9.70. The van der Waals surface area contributed by atoms with Gasteiger partial charge in [0.2, 0.25) is 5.91 Å². The summed E-state index contributed by atoms with van der Waals surface area (Å²) in [4.78, 5) is 15.8. The van der Waals surface area contributed by atoms with Crippen LogP contribution < -0.4 is 5.32 Å². The van der Waals surface area contributed by atoms with Crippen LogP contribution in [0.15, 0.2) is 91.0 Å². The molecule has 4 rings (SSSR count). The number of nitrogens with one attached hydrogen (secondary N) is 1. The molecule has 1 fully saturated rings. The Hall–Kier alpha value is -2.95. The molecule has 1 saturated heterocycles. The Morgan fingerprint density at radius 2 is 1.37 bits per heavy atom. The zero-order valence-corrected chi connectivity index (χ0v) is 17.0. The van der Waals surface area contributed by atoms with Crippen molar-refractivity contribution < 1.29 is 9.90 Å². The van der Waals surface area contributed by atoms with Crippen molar-refractivity contribution in [2.75, 3.05) is 19.6 Å². The van der Waals surface area contributed by atoms with E-state index in [0.29, 0.717) is 13.1 Å². The van der Waals surface area contributed by atoms with E-state index in [1.54, 1.807) is 0 Å². The van der Waals surface area contributed by atoms with Gasteiger partial charge in [-0.25, -0.2) is 0 Å². The number of amides is 1. The van der Waals surface area contributed by atoms with Crippen molar-refractivity contribution >= 4 is 5.91 Å². The average molecular weight is 401 g/mol. The summed E-state index contributed by atoms with van der Waals surface area (Å²) in [7, 11) is 0. The predicted molar refractivity (Wildman–Crippen MR) is 119 cm³/mol. The third-order valence-corrected chi connectivity index (χ3v) is 5.73. The van der Waals surface area contributed by atoms with E-state index in [4.69, 9.17) is 0 Å². The molecular formula is C26H28N2O2. The molecule has 1 aliphatic heterocycles. The first-order valence-electron chi connectivity index (χ1n) is 10.6. The second-order valence-corrected chi connectivity index (χ2v) is 7.93. The molecule has 2 atom stereocenters. The number of hydrogen-bond donors (Lipinski definition) is 2. The molecule has 1 amide bonds. The second-order valence-electron chi connectivity index (χ2n) is 7.93. The third kappa shape index (κ3) is 4.96. The summed E-state index contributed by atoms with van der Waals surface area (Å²) in [5, 5.41) is 13.2. The predicted octanol–water partition coefficient (Wildman–Crippen LogP) is 3.74. The molecule has 0 aromatic heterocycles. The summed E-state index contributed by atoms with van der Waals surface area (Å²) >= 11 is 0. The van der Waals surface area contributed by atoms with Gasteiger partial charge in [-0.2, -0.15) is 0 Å². The number of carbonyl (C=O) groups is 1. The monoisotopic (exact) mass is 400 g/mol. The highest BCUT2D eigenvalue weighted by atomic mass is 16.3. The normalized spacial score (nSPS) is 17.7. The van der Waals surface area contributed by atoms with Crippen molar-refractivity contribution in [3.8, 4) is 0 Å². The number of hydrogen-bond acceptors (Lipinski definition) is 3. The van der Waals surface area contributed by atoms with Crippen LogP contribution in [0.25, 0.3) is 0 Å². The zero-order chi connectivity index (χ0) is 20.8. The van der Waals surface area contributed by atoms with Crippen LogP contribution in [0.4, 0.5) is 0 Å². The number of carbonyl (C=O) groups excluding carboxylic acids is 1. The van der Waals surface area contributed by atoms with Crippen LogP contribution in [0.2, 0.25) is 0 Å². The number of likely N-dealkylation sites (tertiary alicyclic amines) is 1. The van der Waals surface area contributed by atoms with Gasteiger partial charge in [0.25, 0.3) is 0 Å². The van der Waals surface area contributed by atoms with E-state index in [2.05, 4.69) is 22.3 Å². The Bertz CT molecular complexity index is 892. The lowest BCUT2D eigenvalue weighted by Gasteiger charge is -2.27. The van der Waals surface area contributed by atoms with Gasteiger partial charge in [-0.05, 0) is 23.1 Å². The van der Waals surface area contributed by atoms with Gasteiger partial charge in [-0.1, -0.05) is 91.0 Å². The Balaban J connectivity index is 1.60. The van der Waals surface area contributed by atoms with Crippen LogP contribution in [0, 0.1) is 0 Å². The first-order valence-corrected chi connectivity index (χ1v) is 10.6. The Labute approximate surface area is 178 Å². The van der Waals surface area contributed by atoms with Gasteiger partial charge in [-0.3, -0.25) is 9.69 Å². The van der Waals surface area contributed by atoms with Crippen LogP contribution in [0.1, 0.15) is 35.1 Å². The van der Waals surface area contributed by atoms with Crippen molar-refractivity contribution in [1.82, 2.24) is 10.2 Å². The van der Waals surface area contributed by atoms with Crippen LogP contribution in [-0.2, 0) is 4.79 Å². The average Bonchev–Trinajstić information content (AvgIpc) is 3.20. The zero-order valence-electron chi connectivity index (χ0n) is 17.0. The highest BCUT2D eigenvalue weighted by Crippen LogP contribution is 2.27. The van der Waals surface area contributed by atoms with Gasteiger partial charge in [0, 0.05) is 19.6 Å². The van der Waals surface area contributed by atoms with Crippen LogP contribution in [0.5, 0.6) is 0 Å². The van der Waals surface area contributed by atoms with Crippen LogP contribution in [0.3, 0.4) is 0 Å². The summed E-state index contributed by atoms with van der Waals surface area (Å²) in [6, 6.07) is 29.8. The maximum atomic E-state index is 13.6.